The van der Waals surface area contributed by atoms with Crippen LogP contribution in [-0.4, -0.2) is 25.7 Å². The Labute approximate surface area is 73.5 Å². The molecule has 1 amide bonds. The zero-order valence-corrected chi connectivity index (χ0v) is 7.64. The lowest BCUT2D eigenvalue weighted by Crippen LogP contribution is -2.33. The Morgan fingerprint density at radius 2 is 2.17 bits per heavy atom. The third kappa shape index (κ3) is 3.22. The van der Waals surface area contributed by atoms with Gasteiger partial charge in [-0.25, -0.2) is 0 Å². The number of methoxy groups -OCH3 is 1. The highest BCUT2D eigenvalue weighted by Gasteiger charge is 2.16. The van der Waals surface area contributed by atoms with E-state index in [0.29, 0.717) is 19.1 Å². The monoisotopic (exact) mass is 171 g/mol. The molecule has 0 aromatic rings. The summed E-state index contributed by atoms with van der Waals surface area (Å²) >= 11 is 0. The van der Waals surface area contributed by atoms with Crippen LogP contribution in [0.4, 0.5) is 0 Å². The van der Waals surface area contributed by atoms with Crippen molar-refractivity contribution < 1.29 is 9.53 Å². The molecule has 0 radical (unpaired) electrons. The fourth-order valence-corrected chi connectivity index (χ4v) is 1.56. The van der Waals surface area contributed by atoms with Gasteiger partial charge in [0, 0.05) is 19.6 Å². The topological polar surface area (TPSA) is 38.3 Å². The summed E-state index contributed by atoms with van der Waals surface area (Å²) < 4.78 is 4.82. The summed E-state index contributed by atoms with van der Waals surface area (Å²) in [6.45, 7) is 0.526. The van der Waals surface area contributed by atoms with Crippen LogP contribution in [0.2, 0.25) is 0 Å². The van der Waals surface area contributed by atoms with E-state index in [0.717, 1.165) is 12.8 Å². The van der Waals surface area contributed by atoms with Crippen LogP contribution in [0.1, 0.15) is 32.1 Å². The summed E-state index contributed by atoms with van der Waals surface area (Å²) in [6, 6.07) is 0.439. The maximum Gasteiger partial charge on any atom is 0.222 e. The lowest BCUT2D eigenvalue weighted by Gasteiger charge is -2.10. The van der Waals surface area contributed by atoms with E-state index in [1.54, 1.807) is 7.11 Å². The number of carbonyl (C=O) groups is 1. The molecule has 1 rings (SSSR count). The Hall–Kier alpha value is -0.570. The number of hydrogen-bond donors (Lipinski definition) is 1. The Kier molecular flexibility index (Phi) is 4.08. The summed E-state index contributed by atoms with van der Waals surface area (Å²) in [5.41, 5.74) is 0. The van der Waals surface area contributed by atoms with Gasteiger partial charge in [-0.2, -0.15) is 0 Å². The van der Waals surface area contributed by atoms with Gasteiger partial charge in [-0.05, 0) is 12.8 Å². The van der Waals surface area contributed by atoms with Crippen LogP contribution >= 0.6 is 0 Å². The highest BCUT2D eigenvalue weighted by Crippen LogP contribution is 2.17. The first-order valence-corrected chi connectivity index (χ1v) is 4.61. The SMILES string of the molecule is COCCC(=O)NC1CCCC1. The number of hydrogen-bond acceptors (Lipinski definition) is 2. The number of rotatable bonds is 4. The number of nitrogens with one attached hydrogen (secondary N) is 1. The molecule has 0 aromatic heterocycles. The van der Waals surface area contributed by atoms with E-state index in [2.05, 4.69) is 5.32 Å². The average Bonchev–Trinajstić information content (AvgIpc) is 2.53. The maximum absolute atomic E-state index is 11.2. The lowest BCUT2D eigenvalue weighted by molar-refractivity contribution is -0.122. The van der Waals surface area contributed by atoms with Crippen LogP contribution < -0.4 is 5.32 Å². The molecule has 0 aromatic carbocycles. The predicted molar refractivity (Wildman–Crippen MR) is 46.9 cm³/mol. The summed E-state index contributed by atoms with van der Waals surface area (Å²) in [5, 5.41) is 2.99. The van der Waals surface area contributed by atoms with Crippen LogP contribution in [0.25, 0.3) is 0 Å². The van der Waals surface area contributed by atoms with Gasteiger partial charge < -0.3 is 10.1 Å². The van der Waals surface area contributed by atoms with E-state index in [4.69, 9.17) is 4.74 Å². The largest absolute Gasteiger partial charge is 0.384 e. The standard InChI is InChI=1S/C9H17NO2/c1-12-7-6-9(11)10-8-4-2-3-5-8/h8H,2-7H2,1H3,(H,10,11). The molecule has 1 aliphatic rings. The van der Waals surface area contributed by atoms with E-state index >= 15 is 0 Å². The van der Waals surface area contributed by atoms with Crippen molar-refractivity contribution in [2.24, 2.45) is 0 Å². The van der Waals surface area contributed by atoms with Crippen molar-refractivity contribution in [1.82, 2.24) is 5.32 Å². The van der Waals surface area contributed by atoms with Gasteiger partial charge in [0.25, 0.3) is 0 Å². The fourth-order valence-electron chi connectivity index (χ4n) is 1.56. The van der Waals surface area contributed by atoms with E-state index in [1.807, 2.05) is 0 Å². The van der Waals surface area contributed by atoms with E-state index in [9.17, 15) is 4.79 Å². The van der Waals surface area contributed by atoms with Crippen LogP contribution in [0.15, 0.2) is 0 Å². The molecule has 0 unspecified atom stereocenters. The second-order valence-electron chi connectivity index (χ2n) is 3.29. The van der Waals surface area contributed by atoms with E-state index in [1.165, 1.54) is 12.8 Å². The third-order valence-electron chi connectivity index (χ3n) is 2.25. The van der Waals surface area contributed by atoms with Gasteiger partial charge in [-0.1, -0.05) is 12.8 Å². The highest BCUT2D eigenvalue weighted by atomic mass is 16.5. The molecule has 0 aliphatic heterocycles. The van der Waals surface area contributed by atoms with Crippen molar-refractivity contribution in [3.05, 3.63) is 0 Å². The number of ether oxygens (including phenoxy) is 1. The van der Waals surface area contributed by atoms with E-state index in [-0.39, 0.29) is 5.91 Å². The Balaban J connectivity index is 2.08. The molecule has 0 saturated heterocycles. The fraction of sp³-hybridized carbons (Fsp3) is 0.889. The number of amides is 1. The van der Waals surface area contributed by atoms with Gasteiger partial charge in [-0.15, -0.1) is 0 Å². The van der Waals surface area contributed by atoms with Gasteiger partial charge in [0.1, 0.15) is 0 Å². The second-order valence-corrected chi connectivity index (χ2v) is 3.29. The Morgan fingerprint density at radius 1 is 1.50 bits per heavy atom. The van der Waals surface area contributed by atoms with Crippen LogP contribution in [0.5, 0.6) is 0 Å². The minimum atomic E-state index is 0.128. The first-order chi connectivity index (χ1) is 5.83. The minimum absolute atomic E-state index is 0.128. The molecule has 70 valence electrons. The summed E-state index contributed by atoms with van der Waals surface area (Å²) in [7, 11) is 1.61. The molecule has 1 aliphatic carbocycles. The van der Waals surface area contributed by atoms with Crippen LogP contribution in [0.3, 0.4) is 0 Å². The minimum Gasteiger partial charge on any atom is -0.384 e. The lowest BCUT2D eigenvalue weighted by atomic mass is 10.2. The molecule has 1 fully saturated rings. The molecule has 3 heteroatoms. The van der Waals surface area contributed by atoms with Crippen molar-refractivity contribution in [3.8, 4) is 0 Å². The second kappa shape index (κ2) is 5.14. The van der Waals surface area contributed by atoms with Crippen molar-refractivity contribution in [1.29, 1.82) is 0 Å². The average molecular weight is 171 g/mol. The maximum atomic E-state index is 11.2. The summed E-state index contributed by atoms with van der Waals surface area (Å²) in [5.74, 6) is 0.128. The Morgan fingerprint density at radius 3 is 2.75 bits per heavy atom. The normalized spacial score (nSPS) is 18.1. The van der Waals surface area contributed by atoms with Crippen molar-refractivity contribution >= 4 is 5.91 Å². The molecular formula is C9H17NO2. The molecule has 0 bridgehead atoms. The molecule has 0 atom stereocenters. The molecule has 0 spiro atoms. The van der Waals surface area contributed by atoms with Crippen LogP contribution in [0, 0.1) is 0 Å². The van der Waals surface area contributed by atoms with Crippen molar-refractivity contribution in [3.63, 3.8) is 0 Å². The number of carbonyl (C=O) groups excluding carboxylic acids is 1. The van der Waals surface area contributed by atoms with Gasteiger partial charge >= 0.3 is 0 Å². The molecule has 3 nitrogen and oxygen atoms in total. The highest BCUT2D eigenvalue weighted by molar-refractivity contribution is 5.76. The predicted octanol–water partition coefficient (Wildman–Crippen LogP) is 1.08. The first kappa shape index (κ1) is 9.52. The third-order valence-corrected chi connectivity index (χ3v) is 2.25. The van der Waals surface area contributed by atoms with Crippen molar-refractivity contribution in [2.45, 2.75) is 38.1 Å². The molecule has 12 heavy (non-hydrogen) atoms. The van der Waals surface area contributed by atoms with Gasteiger partial charge in [0.2, 0.25) is 5.91 Å². The van der Waals surface area contributed by atoms with Gasteiger partial charge in [-0.3, -0.25) is 4.79 Å². The Bertz CT molecular complexity index is 141. The van der Waals surface area contributed by atoms with Crippen molar-refractivity contribution in [2.75, 3.05) is 13.7 Å². The molecular weight excluding hydrogens is 154 g/mol. The quantitative estimate of drug-likeness (QED) is 0.687. The zero-order valence-electron chi connectivity index (χ0n) is 7.64. The molecule has 0 heterocycles. The zero-order chi connectivity index (χ0) is 8.81. The van der Waals surface area contributed by atoms with Gasteiger partial charge in [0.15, 0.2) is 0 Å². The van der Waals surface area contributed by atoms with Crippen LogP contribution in [-0.2, 0) is 9.53 Å². The summed E-state index contributed by atoms with van der Waals surface area (Å²) in [6.07, 6.45) is 5.31. The summed E-state index contributed by atoms with van der Waals surface area (Å²) in [4.78, 5) is 11.2. The molecule has 1 N–H and O–H groups in total. The van der Waals surface area contributed by atoms with E-state index < -0.39 is 0 Å². The first-order valence-electron chi connectivity index (χ1n) is 4.61. The smallest absolute Gasteiger partial charge is 0.222 e. The molecule has 1 saturated carbocycles. The van der Waals surface area contributed by atoms with Gasteiger partial charge in [0.05, 0.1) is 6.61 Å².